The zero-order valence-corrected chi connectivity index (χ0v) is 9.64. The highest BCUT2D eigenvalue weighted by Crippen LogP contribution is 2.12. The molecule has 2 N–H and O–H groups in total. The molecule has 0 bridgehead atoms. The van der Waals surface area contributed by atoms with E-state index < -0.39 is 5.91 Å². The Balaban J connectivity index is 2.35. The molecule has 0 saturated heterocycles. The first-order valence-electron chi connectivity index (χ1n) is 5.20. The van der Waals surface area contributed by atoms with Crippen molar-refractivity contribution in [3.05, 3.63) is 47.3 Å². The third-order valence-corrected chi connectivity index (χ3v) is 2.49. The highest BCUT2D eigenvalue weighted by molar-refractivity contribution is 5.93. The van der Waals surface area contributed by atoms with Gasteiger partial charge < -0.3 is 0 Å². The quantitative estimate of drug-likeness (QED) is 0.609. The van der Waals surface area contributed by atoms with Crippen LogP contribution in [-0.2, 0) is 0 Å². The molecule has 0 saturated carbocycles. The van der Waals surface area contributed by atoms with Crippen LogP contribution in [0.4, 0.5) is 0 Å². The lowest BCUT2D eigenvalue weighted by Gasteiger charge is -2.05. The molecule has 0 fully saturated rings. The summed E-state index contributed by atoms with van der Waals surface area (Å²) in [5.41, 5.74) is 4.85. The van der Waals surface area contributed by atoms with Crippen molar-refractivity contribution in [3.8, 4) is 5.69 Å². The van der Waals surface area contributed by atoms with Gasteiger partial charge in [-0.15, -0.1) is 0 Å². The smallest absolute Gasteiger partial charge is 0.274 e. The van der Waals surface area contributed by atoms with Crippen LogP contribution in [0.5, 0.6) is 0 Å². The first kappa shape index (κ1) is 11.3. The lowest BCUT2D eigenvalue weighted by Crippen LogP contribution is -2.18. The maximum absolute atomic E-state index is 11.1. The molecule has 1 aromatic heterocycles. The van der Waals surface area contributed by atoms with Gasteiger partial charge in [-0.2, -0.15) is 5.10 Å². The monoisotopic (exact) mass is 231 g/mol. The Hall–Kier alpha value is -2.14. The summed E-state index contributed by atoms with van der Waals surface area (Å²) in [6.07, 6.45) is 0. The molecule has 1 heterocycles. The number of hydroxylamine groups is 1. The molecule has 0 radical (unpaired) electrons. The molecule has 17 heavy (non-hydrogen) atoms. The molecule has 88 valence electrons. The molecular formula is C12H13N3O2. The topological polar surface area (TPSA) is 67.2 Å². The van der Waals surface area contributed by atoms with Gasteiger partial charge >= 0.3 is 0 Å². The van der Waals surface area contributed by atoms with Gasteiger partial charge in [0.1, 0.15) is 0 Å². The summed E-state index contributed by atoms with van der Waals surface area (Å²) in [6.45, 7) is 3.89. The summed E-state index contributed by atoms with van der Waals surface area (Å²) >= 11 is 0. The fourth-order valence-electron chi connectivity index (χ4n) is 1.71. The van der Waals surface area contributed by atoms with Crippen LogP contribution in [0.3, 0.4) is 0 Å². The van der Waals surface area contributed by atoms with E-state index in [2.05, 4.69) is 5.10 Å². The van der Waals surface area contributed by atoms with Crippen LogP contribution in [0.15, 0.2) is 30.3 Å². The Bertz CT molecular complexity index is 543. The Labute approximate surface area is 98.7 Å². The van der Waals surface area contributed by atoms with E-state index in [4.69, 9.17) is 5.21 Å². The van der Waals surface area contributed by atoms with E-state index in [1.54, 1.807) is 34.4 Å². The minimum absolute atomic E-state index is 0.401. The van der Waals surface area contributed by atoms with Crippen molar-refractivity contribution in [1.82, 2.24) is 15.3 Å². The van der Waals surface area contributed by atoms with Gasteiger partial charge in [0.15, 0.2) is 0 Å². The second-order valence-corrected chi connectivity index (χ2v) is 3.83. The number of amides is 1. The second kappa shape index (κ2) is 4.39. The van der Waals surface area contributed by atoms with Crippen LogP contribution in [0.25, 0.3) is 5.69 Å². The minimum atomic E-state index is -0.523. The number of rotatable bonds is 2. The zero-order chi connectivity index (χ0) is 12.4. The van der Waals surface area contributed by atoms with Crippen LogP contribution in [0.1, 0.15) is 21.7 Å². The molecule has 0 unspecified atom stereocenters. The van der Waals surface area contributed by atoms with Crippen molar-refractivity contribution in [2.24, 2.45) is 0 Å². The second-order valence-electron chi connectivity index (χ2n) is 3.83. The molecular weight excluding hydrogens is 218 g/mol. The average Bonchev–Trinajstić information content (AvgIpc) is 2.68. The van der Waals surface area contributed by atoms with Gasteiger partial charge in [-0.3, -0.25) is 10.0 Å². The SMILES string of the molecule is Cc1cc(C)n(-c2ccc(C(=O)NO)cc2)n1. The van der Waals surface area contributed by atoms with Crippen molar-refractivity contribution in [2.45, 2.75) is 13.8 Å². The maximum atomic E-state index is 11.1. The number of nitrogens with one attached hydrogen (secondary N) is 1. The maximum Gasteiger partial charge on any atom is 0.274 e. The summed E-state index contributed by atoms with van der Waals surface area (Å²) in [6, 6.07) is 8.82. The Morgan fingerprint density at radius 1 is 1.29 bits per heavy atom. The fraction of sp³-hybridized carbons (Fsp3) is 0.167. The summed E-state index contributed by atoms with van der Waals surface area (Å²) < 4.78 is 1.80. The van der Waals surface area contributed by atoms with Crippen LogP contribution >= 0.6 is 0 Å². The molecule has 1 amide bonds. The number of benzene rings is 1. The van der Waals surface area contributed by atoms with Gasteiger partial charge in [0, 0.05) is 11.3 Å². The van der Waals surface area contributed by atoms with Gasteiger partial charge in [0.05, 0.1) is 11.4 Å². The van der Waals surface area contributed by atoms with Crippen LogP contribution in [0.2, 0.25) is 0 Å². The zero-order valence-electron chi connectivity index (χ0n) is 9.64. The molecule has 0 spiro atoms. The van der Waals surface area contributed by atoms with E-state index in [-0.39, 0.29) is 0 Å². The molecule has 2 rings (SSSR count). The van der Waals surface area contributed by atoms with Crippen LogP contribution in [0, 0.1) is 13.8 Å². The molecule has 2 aromatic rings. The number of aryl methyl sites for hydroxylation is 2. The highest BCUT2D eigenvalue weighted by atomic mass is 16.5. The first-order valence-corrected chi connectivity index (χ1v) is 5.20. The van der Waals surface area contributed by atoms with Crippen LogP contribution < -0.4 is 5.48 Å². The lowest BCUT2D eigenvalue weighted by atomic mass is 10.2. The largest absolute Gasteiger partial charge is 0.288 e. The lowest BCUT2D eigenvalue weighted by molar-refractivity contribution is 0.0706. The number of carbonyl (C=O) groups excluding carboxylic acids is 1. The summed E-state index contributed by atoms with van der Waals surface area (Å²) in [5.74, 6) is -0.523. The van der Waals surface area contributed by atoms with Gasteiger partial charge in [-0.05, 0) is 44.2 Å². The van der Waals surface area contributed by atoms with Gasteiger partial charge in [-0.1, -0.05) is 0 Å². The number of carbonyl (C=O) groups is 1. The predicted octanol–water partition coefficient (Wildman–Crippen LogP) is 1.61. The van der Waals surface area contributed by atoms with Crippen molar-refractivity contribution in [2.75, 3.05) is 0 Å². The Kier molecular flexibility index (Phi) is 2.93. The average molecular weight is 231 g/mol. The van der Waals surface area contributed by atoms with E-state index in [9.17, 15) is 4.79 Å². The van der Waals surface area contributed by atoms with Crippen molar-refractivity contribution < 1.29 is 10.0 Å². The van der Waals surface area contributed by atoms with Crippen LogP contribution in [-0.4, -0.2) is 20.9 Å². The molecule has 0 atom stereocenters. The molecule has 0 aliphatic heterocycles. The molecule has 5 heteroatoms. The molecule has 1 aromatic carbocycles. The summed E-state index contributed by atoms with van der Waals surface area (Å²) in [4.78, 5) is 11.1. The van der Waals surface area contributed by atoms with E-state index >= 15 is 0 Å². The predicted molar refractivity (Wildman–Crippen MR) is 62.3 cm³/mol. The van der Waals surface area contributed by atoms with E-state index in [1.165, 1.54) is 0 Å². The van der Waals surface area contributed by atoms with Crippen molar-refractivity contribution >= 4 is 5.91 Å². The molecule has 0 aliphatic rings. The Morgan fingerprint density at radius 3 is 2.41 bits per heavy atom. The van der Waals surface area contributed by atoms with E-state index in [0.717, 1.165) is 17.1 Å². The third kappa shape index (κ3) is 2.19. The molecule has 5 nitrogen and oxygen atoms in total. The number of nitrogens with zero attached hydrogens (tertiary/aromatic N) is 2. The van der Waals surface area contributed by atoms with E-state index in [0.29, 0.717) is 5.56 Å². The fourth-order valence-corrected chi connectivity index (χ4v) is 1.71. The summed E-state index contributed by atoms with van der Waals surface area (Å²) in [5, 5.41) is 12.8. The third-order valence-electron chi connectivity index (χ3n) is 2.49. The Morgan fingerprint density at radius 2 is 1.94 bits per heavy atom. The van der Waals surface area contributed by atoms with Gasteiger partial charge in [-0.25, -0.2) is 10.2 Å². The normalized spacial score (nSPS) is 10.3. The highest BCUT2D eigenvalue weighted by Gasteiger charge is 2.06. The standard InChI is InChI=1S/C12H13N3O2/c1-8-7-9(2)15(13-8)11-5-3-10(4-6-11)12(16)14-17/h3-7,17H,1-2H3,(H,14,16). The van der Waals surface area contributed by atoms with Crippen molar-refractivity contribution in [3.63, 3.8) is 0 Å². The number of aromatic nitrogens is 2. The number of hydrogen-bond acceptors (Lipinski definition) is 3. The first-order chi connectivity index (χ1) is 8.11. The van der Waals surface area contributed by atoms with E-state index in [1.807, 2.05) is 19.9 Å². The van der Waals surface area contributed by atoms with Gasteiger partial charge in [0.2, 0.25) is 0 Å². The van der Waals surface area contributed by atoms with Crippen molar-refractivity contribution in [1.29, 1.82) is 0 Å². The van der Waals surface area contributed by atoms with Gasteiger partial charge in [0.25, 0.3) is 5.91 Å². The summed E-state index contributed by atoms with van der Waals surface area (Å²) in [7, 11) is 0. The molecule has 0 aliphatic carbocycles. The number of hydrogen-bond donors (Lipinski definition) is 2. The minimum Gasteiger partial charge on any atom is -0.288 e.